The molecule has 2 heterocycles. The van der Waals surface area contributed by atoms with E-state index in [9.17, 15) is 22.0 Å². The number of aromatic nitrogens is 3. The van der Waals surface area contributed by atoms with E-state index >= 15 is 0 Å². The number of aryl methyl sites for hydroxylation is 1. The van der Waals surface area contributed by atoms with Gasteiger partial charge in [0, 0.05) is 37.1 Å². The van der Waals surface area contributed by atoms with Crippen LogP contribution in [0.4, 0.5) is 8.78 Å². The van der Waals surface area contributed by atoms with Crippen molar-refractivity contribution in [1.29, 1.82) is 0 Å². The molecular weight excluding hydrogens is 396 g/mol. The summed E-state index contributed by atoms with van der Waals surface area (Å²) >= 11 is 0. The van der Waals surface area contributed by atoms with Crippen LogP contribution in [-0.2, 0) is 16.4 Å². The normalized spacial score (nSPS) is 11.7. The van der Waals surface area contributed by atoms with Gasteiger partial charge in [0.15, 0.2) is 17.3 Å². The van der Waals surface area contributed by atoms with Crippen LogP contribution in [0.25, 0.3) is 11.0 Å². The fourth-order valence-electron chi connectivity index (χ4n) is 2.48. The zero-order valence-corrected chi connectivity index (χ0v) is 15.4. The molecule has 1 N–H and O–H groups in total. The molecular formula is C17H15F2N3O5S. The van der Waals surface area contributed by atoms with Crippen LogP contribution in [0.2, 0.25) is 0 Å². The Labute approximate surface area is 158 Å². The minimum absolute atomic E-state index is 0.00908. The summed E-state index contributed by atoms with van der Waals surface area (Å²) in [5.74, 6) is -2.44. The fraction of sp³-hybridized carbons (Fsp3) is 0.235. The molecule has 11 heteroatoms. The average molecular weight is 411 g/mol. The number of halogens is 2. The number of hydrogen-bond donors (Lipinski definition) is 1. The Morgan fingerprint density at radius 1 is 1.21 bits per heavy atom. The zero-order valence-electron chi connectivity index (χ0n) is 14.6. The standard InChI is InChI=1S/C17H15F2N3O5S/c1-28(25,26)17-20-9-10-7-14(27-13-4-3-11(18)8-12(13)19)16(24)22(5-2-6-23)15(10)21-17/h3-4,7-9,23H,2,5-6H2,1H3. The summed E-state index contributed by atoms with van der Waals surface area (Å²) in [4.78, 5) is 20.5. The third kappa shape index (κ3) is 3.99. The van der Waals surface area contributed by atoms with Crippen molar-refractivity contribution in [2.75, 3.05) is 12.9 Å². The summed E-state index contributed by atoms with van der Waals surface area (Å²) < 4.78 is 56.8. The van der Waals surface area contributed by atoms with Gasteiger partial charge in [0.25, 0.3) is 5.56 Å². The first-order chi connectivity index (χ1) is 13.2. The van der Waals surface area contributed by atoms with Gasteiger partial charge >= 0.3 is 0 Å². The number of benzene rings is 1. The van der Waals surface area contributed by atoms with Crippen LogP contribution in [0.5, 0.6) is 11.5 Å². The summed E-state index contributed by atoms with van der Waals surface area (Å²) in [5, 5.41) is 8.88. The Kier molecular flexibility index (Phi) is 5.38. The maximum atomic E-state index is 13.9. The fourth-order valence-corrected chi connectivity index (χ4v) is 2.98. The largest absolute Gasteiger partial charge is 0.448 e. The van der Waals surface area contributed by atoms with E-state index in [-0.39, 0.29) is 42.1 Å². The molecule has 0 amide bonds. The van der Waals surface area contributed by atoms with Crippen LogP contribution in [0.15, 0.2) is 40.4 Å². The van der Waals surface area contributed by atoms with E-state index in [2.05, 4.69) is 9.97 Å². The topological polar surface area (TPSA) is 111 Å². The Hall–Kier alpha value is -2.92. The van der Waals surface area contributed by atoms with Gasteiger partial charge in [-0.1, -0.05) is 0 Å². The monoisotopic (exact) mass is 411 g/mol. The van der Waals surface area contributed by atoms with E-state index in [4.69, 9.17) is 9.84 Å². The van der Waals surface area contributed by atoms with Crippen LogP contribution in [-0.4, -0.2) is 40.9 Å². The molecule has 0 unspecified atom stereocenters. The first-order valence-corrected chi connectivity index (χ1v) is 9.94. The first kappa shape index (κ1) is 19.8. The maximum Gasteiger partial charge on any atom is 0.295 e. The molecule has 0 saturated carbocycles. The molecule has 0 bridgehead atoms. The van der Waals surface area contributed by atoms with Crippen LogP contribution in [0.1, 0.15) is 6.42 Å². The minimum atomic E-state index is -3.72. The summed E-state index contributed by atoms with van der Waals surface area (Å²) in [5.41, 5.74) is -0.691. The van der Waals surface area contributed by atoms with Crippen molar-refractivity contribution < 1.29 is 27.0 Å². The number of aliphatic hydroxyl groups is 1. The number of aliphatic hydroxyl groups excluding tert-OH is 1. The number of pyridine rings is 1. The number of hydrogen-bond acceptors (Lipinski definition) is 7. The Balaban J connectivity index is 2.19. The number of rotatable bonds is 6. The van der Waals surface area contributed by atoms with Gasteiger partial charge in [-0.3, -0.25) is 9.36 Å². The van der Waals surface area contributed by atoms with Crippen LogP contribution < -0.4 is 10.3 Å². The Bertz CT molecular complexity index is 1210. The molecule has 3 aromatic rings. The van der Waals surface area contributed by atoms with Gasteiger partial charge in [-0.15, -0.1) is 0 Å². The molecule has 0 aliphatic rings. The van der Waals surface area contributed by atoms with Gasteiger partial charge < -0.3 is 9.84 Å². The third-order valence-corrected chi connectivity index (χ3v) is 4.62. The Morgan fingerprint density at radius 2 is 1.96 bits per heavy atom. The van der Waals surface area contributed by atoms with Crippen LogP contribution >= 0.6 is 0 Å². The molecule has 0 fully saturated rings. The smallest absolute Gasteiger partial charge is 0.295 e. The molecule has 0 radical (unpaired) electrons. The van der Waals surface area contributed by atoms with Crippen LogP contribution in [0.3, 0.4) is 0 Å². The molecule has 0 aliphatic carbocycles. The van der Waals surface area contributed by atoms with Crippen molar-refractivity contribution in [1.82, 2.24) is 14.5 Å². The highest BCUT2D eigenvalue weighted by atomic mass is 32.2. The molecule has 148 valence electrons. The van der Waals surface area contributed by atoms with E-state index in [0.29, 0.717) is 6.07 Å². The highest BCUT2D eigenvalue weighted by Crippen LogP contribution is 2.25. The number of ether oxygens (including phenoxy) is 1. The van der Waals surface area contributed by atoms with Gasteiger partial charge in [0.2, 0.25) is 15.0 Å². The predicted molar refractivity (Wildman–Crippen MR) is 95.0 cm³/mol. The quantitative estimate of drug-likeness (QED) is 0.614. The van der Waals surface area contributed by atoms with E-state index < -0.39 is 32.2 Å². The molecule has 0 atom stereocenters. The minimum Gasteiger partial charge on any atom is -0.448 e. The average Bonchev–Trinajstić information content (AvgIpc) is 2.63. The van der Waals surface area contributed by atoms with Gasteiger partial charge in [-0.25, -0.2) is 22.2 Å². The second-order valence-corrected chi connectivity index (χ2v) is 7.83. The summed E-state index contributed by atoms with van der Waals surface area (Å²) in [6.07, 6.45) is 2.31. The predicted octanol–water partition coefficient (Wildman–Crippen LogP) is 1.65. The second-order valence-electron chi connectivity index (χ2n) is 5.92. The highest BCUT2D eigenvalue weighted by molar-refractivity contribution is 7.90. The van der Waals surface area contributed by atoms with Crippen molar-refractivity contribution in [2.24, 2.45) is 0 Å². The van der Waals surface area contributed by atoms with Gasteiger partial charge in [-0.05, 0) is 24.6 Å². The molecule has 2 aromatic heterocycles. The number of sulfone groups is 1. The lowest BCUT2D eigenvalue weighted by molar-refractivity contribution is 0.279. The third-order valence-electron chi connectivity index (χ3n) is 3.76. The summed E-state index contributed by atoms with van der Waals surface area (Å²) in [7, 11) is -3.72. The molecule has 0 aliphatic heterocycles. The zero-order chi connectivity index (χ0) is 20.5. The van der Waals surface area contributed by atoms with Crippen molar-refractivity contribution in [3.8, 4) is 11.5 Å². The molecule has 0 spiro atoms. The van der Waals surface area contributed by atoms with Crippen molar-refractivity contribution in [2.45, 2.75) is 18.1 Å². The molecule has 0 saturated heterocycles. The van der Waals surface area contributed by atoms with Crippen molar-refractivity contribution in [3.63, 3.8) is 0 Å². The van der Waals surface area contributed by atoms with E-state index in [0.717, 1.165) is 23.0 Å². The van der Waals surface area contributed by atoms with Crippen molar-refractivity contribution >= 4 is 20.9 Å². The lowest BCUT2D eigenvalue weighted by atomic mass is 10.3. The molecule has 1 aromatic carbocycles. The highest BCUT2D eigenvalue weighted by Gasteiger charge is 2.18. The molecule has 8 nitrogen and oxygen atoms in total. The van der Waals surface area contributed by atoms with Gasteiger partial charge in [0.05, 0.1) is 0 Å². The lowest BCUT2D eigenvalue weighted by Crippen LogP contribution is -2.23. The Morgan fingerprint density at radius 3 is 2.61 bits per heavy atom. The number of nitrogens with zero attached hydrogens (tertiary/aromatic N) is 3. The maximum absolute atomic E-state index is 13.9. The SMILES string of the molecule is CS(=O)(=O)c1ncc2cc(Oc3ccc(F)cc3F)c(=O)n(CCCO)c2n1. The van der Waals surface area contributed by atoms with Gasteiger partial charge in [0.1, 0.15) is 11.5 Å². The first-order valence-electron chi connectivity index (χ1n) is 8.05. The van der Waals surface area contributed by atoms with E-state index in [1.807, 2.05) is 0 Å². The van der Waals surface area contributed by atoms with Crippen molar-refractivity contribution in [3.05, 3.63) is 52.5 Å². The molecule has 28 heavy (non-hydrogen) atoms. The van der Waals surface area contributed by atoms with E-state index in [1.54, 1.807) is 0 Å². The molecule has 3 rings (SSSR count). The summed E-state index contributed by atoms with van der Waals surface area (Å²) in [6.45, 7) is -0.217. The lowest BCUT2D eigenvalue weighted by Gasteiger charge is -2.13. The second kappa shape index (κ2) is 7.60. The summed E-state index contributed by atoms with van der Waals surface area (Å²) in [6, 6.07) is 3.87. The van der Waals surface area contributed by atoms with Gasteiger partial charge in [-0.2, -0.15) is 4.98 Å². The number of fused-ring (bicyclic) bond motifs is 1. The van der Waals surface area contributed by atoms with Crippen LogP contribution in [0, 0.1) is 11.6 Å². The van der Waals surface area contributed by atoms with E-state index in [1.165, 1.54) is 12.3 Å².